The van der Waals surface area contributed by atoms with Gasteiger partial charge in [-0.3, -0.25) is 0 Å². The highest BCUT2D eigenvalue weighted by atomic mass is 19.1. The molecule has 4 heteroatoms. The Labute approximate surface area is 93.4 Å². The molecular weight excluding hydrogens is 205 g/mol. The van der Waals surface area contributed by atoms with Gasteiger partial charge < -0.3 is 5.32 Å². The predicted molar refractivity (Wildman–Crippen MR) is 61.2 cm³/mol. The molecule has 0 amide bonds. The molecule has 0 atom stereocenters. The number of halogens is 1. The molecule has 3 nitrogen and oxygen atoms in total. The van der Waals surface area contributed by atoms with Crippen LogP contribution in [0.15, 0.2) is 30.6 Å². The van der Waals surface area contributed by atoms with Gasteiger partial charge in [-0.1, -0.05) is 12.1 Å². The summed E-state index contributed by atoms with van der Waals surface area (Å²) in [7, 11) is 0. The smallest absolute Gasteiger partial charge is 0.186 e. The van der Waals surface area contributed by atoms with Crippen molar-refractivity contribution >= 4 is 11.5 Å². The van der Waals surface area contributed by atoms with Gasteiger partial charge in [0, 0.05) is 5.69 Å². The molecule has 0 bridgehead atoms. The lowest BCUT2D eigenvalue weighted by molar-refractivity contribution is 0.607. The van der Waals surface area contributed by atoms with Gasteiger partial charge in [0.2, 0.25) is 0 Å². The van der Waals surface area contributed by atoms with E-state index in [9.17, 15) is 4.39 Å². The Kier molecular flexibility index (Phi) is 2.81. The maximum absolute atomic E-state index is 13.6. The number of hydrogen-bond donors (Lipinski definition) is 1. The minimum Gasteiger partial charge on any atom is -0.338 e. The number of anilines is 2. The molecule has 0 radical (unpaired) electrons. The third-order valence-corrected chi connectivity index (χ3v) is 2.24. The summed E-state index contributed by atoms with van der Waals surface area (Å²) >= 11 is 0. The third kappa shape index (κ3) is 2.16. The van der Waals surface area contributed by atoms with Crippen LogP contribution in [0, 0.1) is 19.7 Å². The van der Waals surface area contributed by atoms with Crippen LogP contribution in [-0.4, -0.2) is 9.97 Å². The van der Waals surface area contributed by atoms with Crippen LogP contribution in [0.4, 0.5) is 15.9 Å². The van der Waals surface area contributed by atoms with Gasteiger partial charge in [-0.2, -0.15) is 0 Å². The molecule has 1 N–H and O–H groups in total. The minimum atomic E-state index is -0.413. The molecule has 0 aliphatic rings. The molecule has 0 unspecified atom stereocenters. The van der Waals surface area contributed by atoms with Crippen molar-refractivity contribution in [3.63, 3.8) is 0 Å². The Morgan fingerprint density at radius 1 is 1.19 bits per heavy atom. The van der Waals surface area contributed by atoms with Gasteiger partial charge >= 0.3 is 0 Å². The van der Waals surface area contributed by atoms with Gasteiger partial charge in [-0.15, -0.1) is 0 Å². The average molecular weight is 217 g/mol. The second kappa shape index (κ2) is 4.26. The summed E-state index contributed by atoms with van der Waals surface area (Å²) in [5.74, 6) is -0.206. The van der Waals surface area contributed by atoms with Gasteiger partial charge in [0.25, 0.3) is 0 Å². The number of aryl methyl sites for hydroxylation is 2. The fourth-order valence-corrected chi connectivity index (χ4v) is 1.40. The molecule has 1 heterocycles. The second-order valence-corrected chi connectivity index (χ2v) is 3.62. The fourth-order valence-electron chi connectivity index (χ4n) is 1.40. The van der Waals surface area contributed by atoms with E-state index in [2.05, 4.69) is 15.3 Å². The first-order valence-electron chi connectivity index (χ1n) is 4.97. The van der Waals surface area contributed by atoms with E-state index in [1.165, 1.54) is 6.33 Å². The van der Waals surface area contributed by atoms with Gasteiger partial charge in [-0.25, -0.2) is 14.4 Å². The number of benzene rings is 1. The van der Waals surface area contributed by atoms with Gasteiger partial charge in [0.1, 0.15) is 6.33 Å². The molecule has 0 saturated heterocycles. The van der Waals surface area contributed by atoms with Gasteiger partial charge in [0.15, 0.2) is 11.6 Å². The molecule has 2 aromatic rings. The van der Waals surface area contributed by atoms with E-state index >= 15 is 0 Å². The molecule has 2 rings (SSSR count). The molecule has 16 heavy (non-hydrogen) atoms. The van der Waals surface area contributed by atoms with Crippen LogP contribution in [0.25, 0.3) is 0 Å². The van der Waals surface area contributed by atoms with Crippen molar-refractivity contribution < 1.29 is 4.39 Å². The Balaban J connectivity index is 2.31. The topological polar surface area (TPSA) is 37.8 Å². The van der Waals surface area contributed by atoms with E-state index in [1.54, 1.807) is 6.92 Å². The summed E-state index contributed by atoms with van der Waals surface area (Å²) in [6, 6.07) is 7.68. The summed E-state index contributed by atoms with van der Waals surface area (Å²) in [6.07, 6.45) is 1.34. The zero-order valence-electron chi connectivity index (χ0n) is 9.16. The Morgan fingerprint density at radius 3 is 2.75 bits per heavy atom. The first-order chi connectivity index (χ1) is 7.66. The van der Waals surface area contributed by atoms with E-state index in [4.69, 9.17) is 0 Å². The highest BCUT2D eigenvalue weighted by Crippen LogP contribution is 2.18. The van der Waals surface area contributed by atoms with Crippen LogP contribution in [0.5, 0.6) is 0 Å². The van der Waals surface area contributed by atoms with Crippen molar-refractivity contribution in [2.45, 2.75) is 13.8 Å². The molecule has 82 valence electrons. The van der Waals surface area contributed by atoms with E-state index in [-0.39, 0.29) is 5.82 Å². The summed E-state index contributed by atoms with van der Waals surface area (Å²) < 4.78 is 13.6. The average Bonchev–Trinajstić information content (AvgIpc) is 2.25. The quantitative estimate of drug-likeness (QED) is 0.840. The third-order valence-electron chi connectivity index (χ3n) is 2.24. The van der Waals surface area contributed by atoms with Crippen LogP contribution in [0.2, 0.25) is 0 Å². The number of hydrogen-bond acceptors (Lipinski definition) is 3. The van der Waals surface area contributed by atoms with E-state index in [0.717, 1.165) is 11.3 Å². The van der Waals surface area contributed by atoms with Crippen LogP contribution in [0.1, 0.15) is 11.3 Å². The molecular formula is C12H12FN3. The molecule has 1 aromatic carbocycles. The van der Waals surface area contributed by atoms with Crippen molar-refractivity contribution in [2.75, 3.05) is 5.32 Å². The van der Waals surface area contributed by atoms with Gasteiger partial charge in [-0.05, 0) is 31.5 Å². The number of nitrogens with one attached hydrogen (secondary N) is 1. The zero-order chi connectivity index (χ0) is 11.5. The summed E-state index contributed by atoms with van der Waals surface area (Å²) in [5, 5.41) is 2.93. The van der Waals surface area contributed by atoms with E-state index in [1.807, 2.05) is 31.2 Å². The van der Waals surface area contributed by atoms with Crippen molar-refractivity contribution in [1.29, 1.82) is 0 Å². The fraction of sp³-hybridized carbons (Fsp3) is 0.167. The lowest BCUT2D eigenvalue weighted by Crippen LogP contribution is -2.00. The Morgan fingerprint density at radius 2 is 2.00 bits per heavy atom. The van der Waals surface area contributed by atoms with Gasteiger partial charge in [0.05, 0.1) is 5.69 Å². The first-order valence-corrected chi connectivity index (χ1v) is 4.97. The number of nitrogens with zero attached hydrogens (tertiary/aromatic N) is 2. The van der Waals surface area contributed by atoms with Crippen LogP contribution < -0.4 is 5.32 Å². The highest BCUT2D eigenvalue weighted by Gasteiger charge is 2.07. The predicted octanol–water partition coefficient (Wildman–Crippen LogP) is 2.98. The molecule has 0 aliphatic heterocycles. The van der Waals surface area contributed by atoms with E-state index in [0.29, 0.717) is 5.69 Å². The highest BCUT2D eigenvalue weighted by molar-refractivity contribution is 5.57. The van der Waals surface area contributed by atoms with Crippen molar-refractivity contribution in [1.82, 2.24) is 9.97 Å². The normalized spacial score (nSPS) is 10.2. The SMILES string of the molecule is Cc1cccc(Nc2ncnc(C)c2F)c1. The molecule has 1 aromatic heterocycles. The van der Waals surface area contributed by atoms with Crippen LogP contribution >= 0.6 is 0 Å². The molecule has 0 fully saturated rings. The largest absolute Gasteiger partial charge is 0.338 e. The Bertz CT molecular complexity index is 511. The maximum atomic E-state index is 13.6. The van der Waals surface area contributed by atoms with Crippen molar-refractivity contribution in [2.24, 2.45) is 0 Å². The minimum absolute atomic E-state index is 0.207. The lowest BCUT2D eigenvalue weighted by atomic mass is 10.2. The van der Waals surface area contributed by atoms with E-state index < -0.39 is 5.82 Å². The number of aromatic nitrogens is 2. The summed E-state index contributed by atoms with van der Waals surface area (Å²) in [4.78, 5) is 7.64. The first kappa shape index (κ1) is 10.5. The monoisotopic (exact) mass is 217 g/mol. The van der Waals surface area contributed by atoms with Crippen LogP contribution in [-0.2, 0) is 0 Å². The number of rotatable bonds is 2. The summed E-state index contributed by atoms with van der Waals surface area (Å²) in [5.41, 5.74) is 2.26. The van der Waals surface area contributed by atoms with Crippen molar-refractivity contribution in [3.8, 4) is 0 Å². The zero-order valence-corrected chi connectivity index (χ0v) is 9.16. The van der Waals surface area contributed by atoms with Crippen LogP contribution in [0.3, 0.4) is 0 Å². The Hall–Kier alpha value is -1.97. The lowest BCUT2D eigenvalue weighted by Gasteiger charge is -2.07. The molecule has 0 saturated carbocycles. The van der Waals surface area contributed by atoms with Crippen molar-refractivity contribution in [3.05, 3.63) is 47.7 Å². The maximum Gasteiger partial charge on any atom is 0.186 e. The second-order valence-electron chi connectivity index (χ2n) is 3.62. The molecule has 0 spiro atoms. The summed E-state index contributed by atoms with van der Waals surface area (Å²) in [6.45, 7) is 3.59. The molecule has 0 aliphatic carbocycles. The standard InChI is InChI=1S/C12H12FN3/c1-8-4-3-5-10(6-8)16-12-11(13)9(2)14-7-15-12/h3-7H,1-2H3,(H,14,15,16).